The second-order valence-electron chi connectivity index (χ2n) is 4.07. The van der Waals surface area contributed by atoms with Gasteiger partial charge in [0.15, 0.2) is 9.84 Å². The molecule has 1 aromatic rings. The minimum Gasteiger partial charge on any atom is -0.387 e. The summed E-state index contributed by atoms with van der Waals surface area (Å²) in [6.07, 6.45) is 1.02. The maximum absolute atomic E-state index is 12.2. The normalized spacial score (nSPS) is 12.3. The molecule has 0 fully saturated rings. The lowest BCUT2D eigenvalue weighted by Crippen LogP contribution is -2.28. The number of methoxy groups -OCH3 is 1. The van der Waals surface area contributed by atoms with Crippen molar-refractivity contribution in [1.82, 2.24) is 4.72 Å². The largest absolute Gasteiger partial charge is 0.387 e. The number of benzene rings is 1. The summed E-state index contributed by atoms with van der Waals surface area (Å²) in [4.78, 5) is -0.164. The molecule has 0 aromatic heterocycles. The van der Waals surface area contributed by atoms with Crippen LogP contribution in [0.4, 0.5) is 5.69 Å². The van der Waals surface area contributed by atoms with Gasteiger partial charge in [-0.1, -0.05) is 0 Å². The molecule has 0 atom stereocenters. The van der Waals surface area contributed by atoms with Crippen LogP contribution in [0.1, 0.15) is 0 Å². The third-order valence-corrected chi connectivity index (χ3v) is 5.15. The first-order chi connectivity index (χ1) is 9.22. The van der Waals surface area contributed by atoms with Crippen molar-refractivity contribution in [2.75, 3.05) is 38.9 Å². The molecule has 2 N–H and O–H groups in total. The molecule has 0 spiro atoms. The van der Waals surface area contributed by atoms with Crippen molar-refractivity contribution in [3.05, 3.63) is 18.2 Å². The topological polar surface area (TPSA) is 102 Å². The van der Waals surface area contributed by atoms with Gasteiger partial charge in [0.25, 0.3) is 0 Å². The Hall–Kier alpha value is -1.16. The summed E-state index contributed by atoms with van der Waals surface area (Å²) in [5.41, 5.74) is 0.322. The molecule has 1 aromatic carbocycles. The van der Waals surface area contributed by atoms with Crippen molar-refractivity contribution in [3.8, 4) is 0 Å². The lowest BCUT2D eigenvalue weighted by Gasteiger charge is -2.12. The molecular formula is C11H18N2O5S2. The molecule has 9 heteroatoms. The number of ether oxygens (including phenoxy) is 1. The van der Waals surface area contributed by atoms with E-state index in [4.69, 9.17) is 4.74 Å². The zero-order valence-electron chi connectivity index (χ0n) is 11.5. The van der Waals surface area contributed by atoms with Crippen LogP contribution in [-0.2, 0) is 24.6 Å². The van der Waals surface area contributed by atoms with E-state index in [9.17, 15) is 16.8 Å². The molecule has 0 unspecified atom stereocenters. The van der Waals surface area contributed by atoms with Crippen LogP contribution in [-0.4, -0.2) is 50.4 Å². The standard InChI is InChI=1S/C11H18N2O5S2/c1-12-10-5-4-9(19(3,14)15)8-11(10)20(16,17)13-6-7-18-2/h4-5,8,12-13H,6-7H2,1-3H3. The molecule has 0 saturated carbocycles. The van der Waals surface area contributed by atoms with Crippen molar-refractivity contribution in [2.24, 2.45) is 0 Å². The predicted octanol–water partition coefficient (Wildman–Crippen LogP) is 0.0565. The first kappa shape index (κ1) is 16.9. The van der Waals surface area contributed by atoms with Crippen molar-refractivity contribution in [2.45, 2.75) is 9.79 Å². The average Bonchev–Trinajstić information content (AvgIpc) is 2.37. The van der Waals surface area contributed by atoms with Crippen LogP contribution in [0, 0.1) is 0 Å². The van der Waals surface area contributed by atoms with Gasteiger partial charge in [0.2, 0.25) is 10.0 Å². The second kappa shape index (κ2) is 6.53. The highest BCUT2D eigenvalue weighted by molar-refractivity contribution is 7.91. The molecule has 0 aliphatic carbocycles. The molecule has 114 valence electrons. The van der Waals surface area contributed by atoms with Crippen LogP contribution >= 0.6 is 0 Å². The summed E-state index contributed by atoms with van der Waals surface area (Å²) in [6.45, 7) is 0.324. The van der Waals surface area contributed by atoms with E-state index in [1.54, 1.807) is 7.05 Å². The predicted molar refractivity (Wildman–Crippen MR) is 76.2 cm³/mol. The molecule has 0 bridgehead atoms. The van der Waals surface area contributed by atoms with Crippen molar-refractivity contribution in [1.29, 1.82) is 0 Å². The van der Waals surface area contributed by atoms with Crippen molar-refractivity contribution < 1.29 is 21.6 Å². The molecule has 0 aliphatic rings. The average molecular weight is 322 g/mol. The highest BCUT2D eigenvalue weighted by Crippen LogP contribution is 2.24. The summed E-state index contributed by atoms with van der Waals surface area (Å²) in [7, 11) is -4.28. The molecule has 0 heterocycles. The molecule has 0 amide bonds. The quantitative estimate of drug-likeness (QED) is 0.688. The maximum Gasteiger partial charge on any atom is 0.242 e. The van der Waals surface area contributed by atoms with E-state index in [1.807, 2.05) is 0 Å². The van der Waals surface area contributed by atoms with Gasteiger partial charge in [-0.15, -0.1) is 0 Å². The molecule has 0 aliphatic heterocycles. The van der Waals surface area contributed by atoms with E-state index in [-0.39, 0.29) is 22.9 Å². The molecule has 20 heavy (non-hydrogen) atoms. The number of anilines is 1. The van der Waals surface area contributed by atoms with Crippen LogP contribution in [0.2, 0.25) is 0 Å². The zero-order valence-corrected chi connectivity index (χ0v) is 13.1. The minimum absolute atomic E-state index is 0.0522. The number of sulfonamides is 1. The summed E-state index contributed by atoms with van der Waals surface area (Å²) < 4.78 is 54.5. The van der Waals surface area contributed by atoms with Crippen molar-refractivity contribution >= 4 is 25.5 Å². The Morgan fingerprint density at radius 1 is 1.20 bits per heavy atom. The monoisotopic (exact) mass is 322 g/mol. The van der Waals surface area contributed by atoms with Gasteiger partial charge in [-0.05, 0) is 18.2 Å². The molecule has 0 radical (unpaired) electrons. The smallest absolute Gasteiger partial charge is 0.242 e. The van der Waals surface area contributed by atoms with Gasteiger partial charge in [-0.25, -0.2) is 21.6 Å². The van der Waals surface area contributed by atoms with E-state index in [0.717, 1.165) is 12.3 Å². The Kier molecular flexibility index (Phi) is 5.51. The Labute approximate surface area is 119 Å². The van der Waals surface area contributed by atoms with Crippen LogP contribution in [0.3, 0.4) is 0 Å². The summed E-state index contributed by atoms with van der Waals surface area (Å²) >= 11 is 0. The lowest BCUT2D eigenvalue weighted by molar-refractivity contribution is 0.204. The Morgan fingerprint density at radius 3 is 2.35 bits per heavy atom. The summed E-state index contributed by atoms with van der Waals surface area (Å²) in [5, 5.41) is 2.73. The lowest BCUT2D eigenvalue weighted by atomic mass is 10.3. The molecule has 7 nitrogen and oxygen atoms in total. The molecule has 0 saturated heterocycles. The number of hydrogen-bond acceptors (Lipinski definition) is 6. The van der Waals surface area contributed by atoms with Crippen LogP contribution in [0.15, 0.2) is 28.0 Å². The first-order valence-corrected chi connectivity index (χ1v) is 9.10. The maximum atomic E-state index is 12.2. The highest BCUT2D eigenvalue weighted by atomic mass is 32.2. The minimum atomic E-state index is -3.82. The summed E-state index contributed by atoms with van der Waals surface area (Å²) in [5.74, 6) is 0. The number of sulfone groups is 1. The van der Waals surface area contributed by atoms with Gasteiger partial charge in [0, 0.05) is 27.0 Å². The van der Waals surface area contributed by atoms with Gasteiger partial charge < -0.3 is 10.1 Å². The van der Waals surface area contributed by atoms with Gasteiger partial charge in [-0.2, -0.15) is 0 Å². The molecule has 1 rings (SSSR count). The Morgan fingerprint density at radius 2 is 1.85 bits per heavy atom. The van der Waals surface area contributed by atoms with Gasteiger partial charge in [0.1, 0.15) is 4.90 Å². The van der Waals surface area contributed by atoms with Crippen molar-refractivity contribution in [3.63, 3.8) is 0 Å². The van der Waals surface area contributed by atoms with Crippen LogP contribution < -0.4 is 10.0 Å². The zero-order chi connectivity index (χ0) is 15.4. The third kappa shape index (κ3) is 4.17. The summed E-state index contributed by atoms with van der Waals surface area (Å²) in [6, 6.07) is 3.91. The highest BCUT2D eigenvalue weighted by Gasteiger charge is 2.20. The first-order valence-electron chi connectivity index (χ1n) is 5.73. The van der Waals surface area contributed by atoms with E-state index in [1.165, 1.54) is 19.2 Å². The van der Waals surface area contributed by atoms with E-state index in [2.05, 4.69) is 10.0 Å². The van der Waals surface area contributed by atoms with E-state index in [0.29, 0.717) is 5.69 Å². The van der Waals surface area contributed by atoms with Crippen LogP contribution in [0.5, 0.6) is 0 Å². The SMILES string of the molecule is CNc1ccc(S(C)(=O)=O)cc1S(=O)(=O)NCCOC. The van der Waals surface area contributed by atoms with Gasteiger partial charge in [0.05, 0.1) is 17.2 Å². The fraction of sp³-hybridized carbons (Fsp3) is 0.455. The van der Waals surface area contributed by atoms with E-state index < -0.39 is 19.9 Å². The van der Waals surface area contributed by atoms with Gasteiger partial charge >= 0.3 is 0 Å². The van der Waals surface area contributed by atoms with E-state index >= 15 is 0 Å². The number of rotatable bonds is 7. The fourth-order valence-corrected chi connectivity index (χ4v) is 3.49. The van der Waals surface area contributed by atoms with Gasteiger partial charge in [-0.3, -0.25) is 0 Å². The Balaban J connectivity index is 3.27. The fourth-order valence-electron chi connectivity index (χ4n) is 1.52. The second-order valence-corrected chi connectivity index (χ2v) is 7.82. The number of hydrogen-bond donors (Lipinski definition) is 2. The third-order valence-electron chi connectivity index (χ3n) is 2.54. The van der Waals surface area contributed by atoms with Crippen LogP contribution in [0.25, 0.3) is 0 Å². The number of nitrogens with one attached hydrogen (secondary N) is 2. The molecular weight excluding hydrogens is 304 g/mol. The Bertz CT molecular complexity index is 668.